The second-order valence-corrected chi connectivity index (χ2v) is 7.74. The van der Waals surface area contributed by atoms with Crippen molar-refractivity contribution < 1.29 is 14.3 Å². The molecule has 1 N–H and O–H groups in total. The molecule has 6 heteroatoms. The van der Waals surface area contributed by atoms with Crippen molar-refractivity contribution in [3.63, 3.8) is 0 Å². The number of hydrogen-bond donors (Lipinski definition) is 1. The van der Waals surface area contributed by atoms with Gasteiger partial charge in [0.05, 0.1) is 23.9 Å². The largest absolute Gasteiger partial charge is 0.490 e. The van der Waals surface area contributed by atoms with E-state index in [1.54, 1.807) is 18.2 Å². The van der Waals surface area contributed by atoms with E-state index in [9.17, 15) is 4.79 Å². The Labute approximate surface area is 165 Å². The Morgan fingerprint density at radius 2 is 1.93 bits per heavy atom. The van der Waals surface area contributed by atoms with Gasteiger partial charge in [-0.3, -0.25) is 4.79 Å². The number of carbonyl (C=O) groups excluding carboxylic acids is 1. The first-order chi connectivity index (χ1) is 13.2. The van der Waals surface area contributed by atoms with Crippen molar-refractivity contribution in [3.8, 4) is 11.5 Å². The lowest BCUT2D eigenvalue weighted by Gasteiger charge is -2.12. The molecule has 0 spiro atoms. The molecule has 0 fully saturated rings. The van der Waals surface area contributed by atoms with Gasteiger partial charge in [-0.05, 0) is 64.2 Å². The molecule has 0 bridgehead atoms. The minimum Gasteiger partial charge on any atom is -0.490 e. The highest BCUT2D eigenvalue weighted by atomic mass is 32.1. The van der Waals surface area contributed by atoms with Crippen LogP contribution in [0.2, 0.25) is 0 Å². The third-order valence-electron chi connectivity index (χ3n) is 4.55. The van der Waals surface area contributed by atoms with Crippen LogP contribution in [0, 0.1) is 0 Å². The summed E-state index contributed by atoms with van der Waals surface area (Å²) >= 11 is 1.85. The lowest BCUT2D eigenvalue weighted by Crippen LogP contribution is -2.24. The predicted molar refractivity (Wildman–Crippen MR) is 108 cm³/mol. The van der Waals surface area contributed by atoms with E-state index in [4.69, 9.17) is 14.5 Å². The quantitative estimate of drug-likeness (QED) is 0.655. The second-order valence-electron chi connectivity index (χ2n) is 6.57. The number of thiazole rings is 1. The number of rotatable bonds is 9. The van der Waals surface area contributed by atoms with Crippen LogP contribution in [-0.2, 0) is 19.3 Å². The molecule has 3 rings (SSSR count). The van der Waals surface area contributed by atoms with Crippen molar-refractivity contribution in [2.75, 3.05) is 19.8 Å². The van der Waals surface area contributed by atoms with Gasteiger partial charge in [0.15, 0.2) is 11.5 Å². The normalized spacial score (nSPS) is 13.1. The summed E-state index contributed by atoms with van der Waals surface area (Å²) in [5.74, 6) is 1.20. The fourth-order valence-electron chi connectivity index (χ4n) is 3.25. The van der Waals surface area contributed by atoms with Gasteiger partial charge in [-0.2, -0.15) is 0 Å². The summed E-state index contributed by atoms with van der Waals surface area (Å²) in [5.41, 5.74) is 1.90. The zero-order valence-electron chi connectivity index (χ0n) is 16.2. The van der Waals surface area contributed by atoms with Gasteiger partial charge in [0.1, 0.15) is 0 Å². The van der Waals surface area contributed by atoms with E-state index in [1.807, 2.05) is 25.2 Å². The molecule has 0 radical (unpaired) electrons. The number of nitrogens with zero attached hydrogens (tertiary/aromatic N) is 1. The number of aromatic nitrogens is 1. The van der Waals surface area contributed by atoms with Crippen LogP contribution in [0.25, 0.3) is 0 Å². The fourth-order valence-corrected chi connectivity index (χ4v) is 4.45. The Kier molecular flexibility index (Phi) is 7.10. The number of hydrogen-bond acceptors (Lipinski definition) is 5. The van der Waals surface area contributed by atoms with E-state index in [1.165, 1.54) is 34.8 Å². The Bertz CT molecular complexity index is 749. The molecule has 1 amide bonds. The lowest BCUT2D eigenvalue weighted by atomic mass is 10.0. The first kappa shape index (κ1) is 19.7. The van der Waals surface area contributed by atoms with Gasteiger partial charge in [0.2, 0.25) is 0 Å². The highest BCUT2D eigenvalue weighted by Gasteiger charge is 2.15. The van der Waals surface area contributed by atoms with E-state index in [-0.39, 0.29) is 5.91 Å². The topological polar surface area (TPSA) is 60.5 Å². The van der Waals surface area contributed by atoms with Gasteiger partial charge in [0.25, 0.3) is 5.91 Å². The molecule has 5 nitrogen and oxygen atoms in total. The van der Waals surface area contributed by atoms with Crippen LogP contribution in [-0.4, -0.2) is 30.6 Å². The van der Waals surface area contributed by atoms with Gasteiger partial charge in [-0.25, -0.2) is 4.98 Å². The molecule has 0 saturated heterocycles. The van der Waals surface area contributed by atoms with Crippen molar-refractivity contribution in [3.05, 3.63) is 39.3 Å². The molecule has 0 saturated carbocycles. The van der Waals surface area contributed by atoms with Crippen LogP contribution in [0.5, 0.6) is 11.5 Å². The molecule has 1 aliphatic rings. The summed E-state index contributed by atoms with van der Waals surface area (Å²) in [4.78, 5) is 18.7. The first-order valence-corrected chi connectivity index (χ1v) is 10.7. The number of benzene rings is 1. The first-order valence-electron chi connectivity index (χ1n) is 9.86. The summed E-state index contributed by atoms with van der Waals surface area (Å²) in [7, 11) is 0. The van der Waals surface area contributed by atoms with Crippen LogP contribution < -0.4 is 14.8 Å². The second kappa shape index (κ2) is 9.74. The maximum Gasteiger partial charge on any atom is 0.251 e. The summed E-state index contributed by atoms with van der Waals surface area (Å²) in [6.45, 7) is 5.57. The van der Waals surface area contributed by atoms with E-state index in [0.717, 1.165) is 19.3 Å². The van der Waals surface area contributed by atoms with Crippen LogP contribution in [0.1, 0.15) is 59.0 Å². The molecule has 0 aliphatic heterocycles. The molecule has 0 atom stereocenters. The maximum absolute atomic E-state index is 12.4. The van der Waals surface area contributed by atoms with E-state index < -0.39 is 0 Å². The maximum atomic E-state index is 12.4. The van der Waals surface area contributed by atoms with E-state index >= 15 is 0 Å². The minimum atomic E-state index is -0.0857. The zero-order valence-corrected chi connectivity index (χ0v) is 17.0. The molecule has 0 unspecified atom stereocenters. The number of nitrogens with one attached hydrogen (secondary N) is 1. The third kappa shape index (κ3) is 5.22. The van der Waals surface area contributed by atoms with Gasteiger partial charge in [-0.1, -0.05) is 0 Å². The van der Waals surface area contributed by atoms with Crippen molar-refractivity contribution in [1.82, 2.24) is 10.3 Å². The smallest absolute Gasteiger partial charge is 0.251 e. The van der Waals surface area contributed by atoms with Crippen molar-refractivity contribution >= 4 is 17.2 Å². The molecule has 1 heterocycles. The monoisotopic (exact) mass is 388 g/mol. The molecule has 1 aliphatic carbocycles. The number of aryl methyl sites for hydroxylation is 3. The predicted octanol–water partition coefficient (Wildman–Crippen LogP) is 4.18. The number of amides is 1. The van der Waals surface area contributed by atoms with Gasteiger partial charge in [0, 0.05) is 23.4 Å². The molecule has 27 heavy (non-hydrogen) atoms. The summed E-state index contributed by atoms with van der Waals surface area (Å²) in [6, 6.07) is 5.32. The van der Waals surface area contributed by atoms with E-state index in [2.05, 4.69) is 5.32 Å². The SMILES string of the molecule is CCOc1ccc(C(=O)NCCCc2nc3c(s2)CCCC3)cc1OCC. The average Bonchev–Trinajstić information content (AvgIpc) is 3.09. The molecule has 2 aromatic rings. The number of carbonyl (C=O) groups is 1. The fraction of sp³-hybridized carbons (Fsp3) is 0.524. The lowest BCUT2D eigenvalue weighted by molar-refractivity contribution is 0.0952. The Hall–Kier alpha value is -2.08. The van der Waals surface area contributed by atoms with Crippen LogP contribution in [0.15, 0.2) is 18.2 Å². The standard InChI is InChI=1S/C21H28N2O3S/c1-3-25-17-12-11-15(14-18(17)26-4-2)21(24)22-13-7-10-20-23-16-8-5-6-9-19(16)27-20/h11-12,14H,3-10,13H2,1-2H3,(H,22,24). The molecule has 1 aromatic carbocycles. The van der Waals surface area contributed by atoms with Crippen LogP contribution in [0.4, 0.5) is 0 Å². The van der Waals surface area contributed by atoms with E-state index in [0.29, 0.717) is 36.8 Å². The van der Waals surface area contributed by atoms with Gasteiger partial charge >= 0.3 is 0 Å². The molecular weight excluding hydrogens is 360 g/mol. The molecule has 1 aromatic heterocycles. The summed E-state index contributed by atoms with van der Waals surface area (Å²) in [6.07, 6.45) is 6.68. The number of ether oxygens (including phenoxy) is 2. The Balaban J connectivity index is 1.50. The summed E-state index contributed by atoms with van der Waals surface area (Å²) in [5, 5.41) is 4.20. The summed E-state index contributed by atoms with van der Waals surface area (Å²) < 4.78 is 11.1. The van der Waals surface area contributed by atoms with Crippen molar-refractivity contribution in [1.29, 1.82) is 0 Å². The minimum absolute atomic E-state index is 0.0857. The third-order valence-corrected chi connectivity index (χ3v) is 5.77. The van der Waals surface area contributed by atoms with Gasteiger partial charge < -0.3 is 14.8 Å². The Morgan fingerprint density at radius 1 is 1.15 bits per heavy atom. The molecular formula is C21H28N2O3S. The van der Waals surface area contributed by atoms with Crippen LogP contribution >= 0.6 is 11.3 Å². The average molecular weight is 389 g/mol. The Morgan fingerprint density at radius 3 is 2.70 bits per heavy atom. The molecule has 146 valence electrons. The van der Waals surface area contributed by atoms with Crippen LogP contribution in [0.3, 0.4) is 0 Å². The van der Waals surface area contributed by atoms with Crippen molar-refractivity contribution in [2.45, 2.75) is 52.4 Å². The highest BCUT2D eigenvalue weighted by Crippen LogP contribution is 2.29. The zero-order chi connectivity index (χ0) is 19.1. The number of fused-ring (bicyclic) bond motifs is 1. The highest BCUT2D eigenvalue weighted by molar-refractivity contribution is 7.11. The van der Waals surface area contributed by atoms with Gasteiger partial charge in [-0.15, -0.1) is 11.3 Å². The van der Waals surface area contributed by atoms with Crippen molar-refractivity contribution in [2.24, 2.45) is 0 Å².